The highest BCUT2D eigenvalue weighted by Crippen LogP contribution is 2.44. The smallest absolute Gasteiger partial charge is 0.0491 e. The molecule has 0 saturated carbocycles. The molecule has 8 aromatic rings. The first-order valence-corrected chi connectivity index (χ1v) is 14.4. The standard InChI is InChI=1S/C40H29N/c1-2-41-37-19-11-10-14-31(37)36-26-30(24-25-38(36)41)27-20-22-29(23-21-27)40-34-17-8-6-15-32(34)39(28-12-4-3-5-13-28)33-16-7-9-18-35(33)40/h3-26H,2H2,1H3. The molecule has 0 N–H and O–H groups in total. The average molecular weight is 524 g/mol. The number of aryl methyl sites for hydroxylation is 1. The Morgan fingerprint density at radius 1 is 0.366 bits per heavy atom. The lowest BCUT2D eigenvalue weighted by molar-refractivity contribution is 0.827. The molecule has 1 nitrogen and oxygen atoms in total. The van der Waals surface area contributed by atoms with Crippen molar-refractivity contribution in [2.75, 3.05) is 0 Å². The van der Waals surface area contributed by atoms with Crippen LogP contribution in [-0.2, 0) is 6.54 Å². The number of hydrogen-bond donors (Lipinski definition) is 0. The predicted molar refractivity (Wildman–Crippen MR) is 176 cm³/mol. The zero-order valence-electron chi connectivity index (χ0n) is 23.0. The molecule has 0 fully saturated rings. The van der Waals surface area contributed by atoms with E-state index in [4.69, 9.17) is 0 Å². The zero-order chi connectivity index (χ0) is 27.3. The molecule has 0 unspecified atom stereocenters. The number of benzene rings is 7. The van der Waals surface area contributed by atoms with E-state index in [0.717, 1.165) is 6.54 Å². The molecular weight excluding hydrogens is 494 g/mol. The van der Waals surface area contributed by atoms with Crippen molar-refractivity contribution in [2.45, 2.75) is 13.5 Å². The average Bonchev–Trinajstić information content (AvgIpc) is 3.37. The van der Waals surface area contributed by atoms with Crippen molar-refractivity contribution in [3.8, 4) is 33.4 Å². The molecule has 0 aliphatic heterocycles. The largest absolute Gasteiger partial charge is 0.341 e. The van der Waals surface area contributed by atoms with Crippen molar-refractivity contribution < 1.29 is 0 Å². The lowest BCUT2D eigenvalue weighted by Gasteiger charge is -2.18. The molecule has 0 radical (unpaired) electrons. The molecule has 0 saturated heterocycles. The second kappa shape index (κ2) is 9.50. The second-order valence-corrected chi connectivity index (χ2v) is 10.8. The van der Waals surface area contributed by atoms with Gasteiger partial charge in [0.25, 0.3) is 0 Å². The van der Waals surface area contributed by atoms with Gasteiger partial charge in [0.15, 0.2) is 0 Å². The number of aromatic nitrogens is 1. The summed E-state index contributed by atoms with van der Waals surface area (Å²) in [6.07, 6.45) is 0. The van der Waals surface area contributed by atoms with Crippen LogP contribution in [0, 0.1) is 0 Å². The lowest BCUT2D eigenvalue weighted by Crippen LogP contribution is -1.92. The summed E-state index contributed by atoms with van der Waals surface area (Å²) in [6, 6.07) is 53.3. The third-order valence-corrected chi connectivity index (χ3v) is 8.59. The number of rotatable bonds is 4. The van der Waals surface area contributed by atoms with E-state index in [2.05, 4.69) is 157 Å². The minimum Gasteiger partial charge on any atom is -0.341 e. The van der Waals surface area contributed by atoms with Gasteiger partial charge in [-0.3, -0.25) is 0 Å². The quantitative estimate of drug-likeness (QED) is 0.202. The Morgan fingerprint density at radius 2 is 0.805 bits per heavy atom. The molecule has 8 rings (SSSR count). The maximum Gasteiger partial charge on any atom is 0.0491 e. The van der Waals surface area contributed by atoms with Gasteiger partial charge in [0.1, 0.15) is 0 Å². The molecular formula is C40H29N. The fourth-order valence-electron chi connectivity index (χ4n) is 6.76. The third kappa shape index (κ3) is 3.70. The van der Waals surface area contributed by atoms with Gasteiger partial charge in [-0.1, -0.05) is 127 Å². The minimum atomic E-state index is 0.961. The molecule has 41 heavy (non-hydrogen) atoms. The van der Waals surface area contributed by atoms with E-state index in [0.29, 0.717) is 0 Å². The molecule has 1 heteroatoms. The van der Waals surface area contributed by atoms with E-state index < -0.39 is 0 Å². The highest BCUT2D eigenvalue weighted by molar-refractivity contribution is 6.21. The van der Waals surface area contributed by atoms with Crippen molar-refractivity contribution in [1.82, 2.24) is 4.57 Å². The van der Waals surface area contributed by atoms with Crippen LogP contribution < -0.4 is 0 Å². The first-order valence-electron chi connectivity index (χ1n) is 14.4. The van der Waals surface area contributed by atoms with E-state index in [9.17, 15) is 0 Å². The monoisotopic (exact) mass is 523 g/mol. The van der Waals surface area contributed by atoms with E-state index in [-0.39, 0.29) is 0 Å². The number of hydrogen-bond acceptors (Lipinski definition) is 0. The maximum absolute atomic E-state index is 2.41. The van der Waals surface area contributed by atoms with Crippen LogP contribution in [0.3, 0.4) is 0 Å². The fraction of sp³-hybridized carbons (Fsp3) is 0.0500. The lowest BCUT2D eigenvalue weighted by atomic mass is 9.86. The van der Waals surface area contributed by atoms with E-state index in [1.54, 1.807) is 0 Å². The van der Waals surface area contributed by atoms with Gasteiger partial charge >= 0.3 is 0 Å². The Kier molecular flexibility index (Phi) is 5.50. The van der Waals surface area contributed by atoms with Crippen LogP contribution in [0.2, 0.25) is 0 Å². The Balaban J connectivity index is 1.30. The Hall–Kier alpha value is -5.14. The van der Waals surface area contributed by atoms with Gasteiger partial charge in [0.2, 0.25) is 0 Å². The number of para-hydroxylation sites is 1. The summed E-state index contributed by atoms with van der Waals surface area (Å²) in [7, 11) is 0. The Labute approximate surface area is 239 Å². The van der Waals surface area contributed by atoms with E-state index in [1.807, 2.05) is 0 Å². The van der Waals surface area contributed by atoms with Crippen LogP contribution in [-0.4, -0.2) is 4.57 Å². The molecule has 0 aliphatic carbocycles. The van der Waals surface area contributed by atoms with Crippen LogP contribution in [0.15, 0.2) is 146 Å². The number of fused-ring (bicyclic) bond motifs is 5. The van der Waals surface area contributed by atoms with E-state index >= 15 is 0 Å². The van der Waals surface area contributed by atoms with Gasteiger partial charge in [0, 0.05) is 28.4 Å². The minimum absolute atomic E-state index is 0.961. The predicted octanol–water partition coefficient (Wildman–Crippen LogP) is 11.1. The fourth-order valence-corrected chi connectivity index (χ4v) is 6.76. The third-order valence-electron chi connectivity index (χ3n) is 8.59. The summed E-state index contributed by atoms with van der Waals surface area (Å²) in [4.78, 5) is 0. The molecule has 7 aromatic carbocycles. The topological polar surface area (TPSA) is 4.93 Å². The molecule has 0 bridgehead atoms. The van der Waals surface area contributed by atoms with Gasteiger partial charge in [-0.2, -0.15) is 0 Å². The Morgan fingerprint density at radius 3 is 1.39 bits per heavy atom. The van der Waals surface area contributed by atoms with Crippen LogP contribution in [0.5, 0.6) is 0 Å². The van der Waals surface area contributed by atoms with E-state index in [1.165, 1.54) is 76.7 Å². The number of nitrogens with zero attached hydrogens (tertiary/aromatic N) is 1. The highest BCUT2D eigenvalue weighted by atomic mass is 15.0. The van der Waals surface area contributed by atoms with Crippen LogP contribution in [0.4, 0.5) is 0 Å². The molecule has 0 amide bonds. The Bertz CT molecular complexity index is 2160. The zero-order valence-corrected chi connectivity index (χ0v) is 23.0. The maximum atomic E-state index is 2.41. The van der Waals surface area contributed by atoms with Gasteiger partial charge in [0.05, 0.1) is 0 Å². The molecule has 0 spiro atoms. The molecule has 0 aliphatic rings. The van der Waals surface area contributed by atoms with Crippen LogP contribution in [0.1, 0.15) is 6.92 Å². The summed E-state index contributed by atoms with van der Waals surface area (Å²) >= 11 is 0. The molecule has 1 aromatic heterocycles. The second-order valence-electron chi connectivity index (χ2n) is 10.8. The van der Waals surface area contributed by atoms with Crippen molar-refractivity contribution in [3.63, 3.8) is 0 Å². The van der Waals surface area contributed by atoms with Crippen LogP contribution >= 0.6 is 0 Å². The highest BCUT2D eigenvalue weighted by Gasteiger charge is 2.16. The van der Waals surface area contributed by atoms with Crippen molar-refractivity contribution >= 4 is 43.4 Å². The summed E-state index contributed by atoms with van der Waals surface area (Å²) in [5, 5.41) is 7.78. The summed E-state index contributed by atoms with van der Waals surface area (Å²) in [6.45, 7) is 3.18. The van der Waals surface area contributed by atoms with Gasteiger partial charge in [-0.05, 0) is 80.0 Å². The normalized spacial score (nSPS) is 11.6. The molecule has 0 atom stereocenters. The molecule has 194 valence electrons. The van der Waals surface area contributed by atoms with Gasteiger partial charge in [-0.25, -0.2) is 0 Å². The van der Waals surface area contributed by atoms with Crippen molar-refractivity contribution in [3.05, 3.63) is 146 Å². The van der Waals surface area contributed by atoms with Crippen LogP contribution in [0.25, 0.3) is 76.7 Å². The SMILES string of the molecule is CCn1c2ccccc2c2cc(-c3ccc(-c4c5ccccc5c(-c5ccccc5)c5ccccc45)cc3)ccc21. The molecule has 1 heterocycles. The van der Waals surface area contributed by atoms with Crippen molar-refractivity contribution in [2.24, 2.45) is 0 Å². The summed E-state index contributed by atoms with van der Waals surface area (Å²) < 4.78 is 2.41. The summed E-state index contributed by atoms with van der Waals surface area (Å²) in [5.74, 6) is 0. The first-order chi connectivity index (χ1) is 20.3. The van der Waals surface area contributed by atoms with Gasteiger partial charge in [-0.15, -0.1) is 0 Å². The summed E-state index contributed by atoms with van der Waals surface area (Å²) in [5.41, 5.74) is 10.2. The first kappa shape index (κ1) is 23.7. The van der Waals surface area contributed by atoms with Crippen molar-refractivity contribution in [1.29, 1.82) is 0 Å². The van der Waals surface area contributed by atoms with Gasteiger partial charge < -0.3 is 4.57 Å².